The van der Waals surface area contributed by atoms with E-state index in [2.05, 4.69) is 5.87 Å². The number of β-lactam (4-membered cyclic amide) rings is 1. The molecule has 8 nitrogen and oxygen atoms in total. The van der Waals surface area contributed by atoms with Gasteiger partial charge in [-0.25, -0.2) is 4.79 Å². The van der Waals surface area contributed by atoms with E-state index in [9.17, 15) is 29.1 Å². The normalized spacial score (nSPS) is 27.7. The van der Waals surface area contributed by atoms with Crippen molar-refractivity contribution in [1.82, 2.24) is 4.90 Å². The van der Waals surface area contributed by atoms with Crippen molar-refractivity contribution >= 4 is 46.3 Å². The van der Waals surface area contributed by atoms with E-state index in [1.165, 1.54) is 31.7 Å². The third-order valence-electron chi connectivity index (χ3n) is 4.32. The summed E-state index contributed by atoms with van der Waals surface area (Å²) in [6.07, 6.45) is 1.71. The molecule has 9 heteroatoms. The van der Waals surface area contributed by atoms with Crippen molar-refractivity contribution in [2.75, 3.05) is 0 Å². The van der Waals surface area contributed by atoms with Gasteiger partial charge in [-0.05, 0) is 40.7 Å². The van der Waals surface area contributed by atoms with Crippen LogP contribution < -0.4 is 0 Å². The van der Waals surface area contributed by atoms with Gasteiger partial charge in [0.15, 0.2) is 5.78 Å². The van der Waals surface area contributed by atoms with Crippen LogP contribution in [0.15, 0.2) is 11.6 Å². The molecule has 0 saturated carbocycles. The van der Waals surface area contributed by atoms with Gasteiger partial charge < -0.3 is 19.9 Å². The second-order valence-corrected chi connectivity index (χ2v) is 9.55. The van der Waals surface area contributed by atoms with E-state index < -0.39 is 38.6 Å². The molecule has 2 aliphatic heterocycles. The number of hydrogen-bond acceptors (Lipinski definition) is 5. The third-order valence-corrected chi connectivity index (χ3v) is 6.92. The lowest BCUT2D eigenvalue weighted by molar-refractivity contribution is -0.152. The van der Waals surface area contributed by atoms with Gasteiger partial charge in [-0.1, -0.05) is 5.87 Å². The predicted octanol–water partition coefficient (Wildman–Crippen LogP) is 0.912. The summed E-state index contributed by atoms with van der Waals surface area (Å²) in [6.45, 7) is 7.68. The first kappa shape index (κ1) is 21.8. The molecule has 1 amide bonds. The molecule has 2 saturated heterocycles. The van der Waals surface area contributed by atoms with Gasteiger partial charge in [-0.15, -0.1) is 0 Å². The van der Waals surface area contributed by atoms with Crippen molar-refractivity contribution in [1.29, 1.82) is 0 Å². The molecule has 0 aliphatic carbocycles. The van der Waals surface area contributed by atoms with E-state index in [1.54, 1.807) is 13.8 Å². The molecule has 2 aliphatic rings. The highest BCUT2D eigenvalue weighted by Gasteiger charge is 2.62. The monoisotopic (exact) mass is 385 g/mol. The van der Waals surface area contributed by atoms with Crippen molar-refractivity contribution in [3.8, 4) is 0 Å². The number of allylic oxidation sites excluding steroid dienone is 1. The molecular weight excluding hydrogens is 362 g/mol. The van der Waals surface area contributed by atoms with Gasteiger partial charge in [-0.3, -0.25) is 14.4 Å². The molecular formula is C17H23NO7S. The van der Waals surface area contributed by atoms with Crippen LogP contribution in [0.4, 0.5) is 0 Å². The summed E-state index contributed by atoms with van der Waals surface area (Å²) in [7, 11) is -0.535. The Morgan fingerprint density at radius 3 is 2.08 bits per heavy atom. The summed E-state index contributed by atoms with van der Waals surface area (Å²) in [5.41, 5.74) is -0.822. The molecule has 2 heterocycles. The number of ketones is 1. The molecule has 1 unspecified atom stereocenters. The average Bonchev–Trinajstić information content (AvgIpc) is 2.70. The highest BCUT2D eigenvalue weighted by atomic mass is 32.2. The van der Waals surface area contributed by atoms with Crippen LogP contribution in [0.25, 0.3) is 0 Å². The van der Waals surface area contributed by atoms with Crippen molar-refractivity contribution in [2.45, 2.75) is 50.8 Å². The second-order valence-electron chi connectivity index (χ2n) is 7.19. The molecule has 0 bridgehead atoms. The smallest absolute Gasteiger partial charge is 0.327 e. The SMILES string of the molecule is C=S1[C@@H]2C(=CC(C)=O)C(=O)N2[C@@H](C(=O)O)C1(C)C.CC(C)(C=O)C(=O)O. The van der Waals surface area contributed by atoms with Crippen LogP contribution >= 0.6 is 10.5 Å². The largest absolute Gasteiger partial charge is 0.481 e. The number of rotatable bonds is 4. The quantitative estimate of drug-likeness (QED) is 0.242. The van der Waals surface area contributed by atoms with Gasteiger partial charge in [0, 0.05) is 4.75 Å². The predicted molar refractivity (Wildman–Crippen MR) is 97.1 cm³/mol. The highest BCUT2D eigenvalue weighted by molar-refractivity contribution is 8.16. The fourth-order valence-corrected chi connectivity index (χ4v) is 4.62. The molecule has 0 aromatic heterocycles. The van der Waals surface area contributed by atoms with Crippen molar-refractivity contribution in [3.05, 3.63) is 11.6 Å². The number of aldehydes is 1. The van der Waals surface area contributed by atoms with E-state index in [4.69, 9.17) is 5.11 Å². The summed E-state index contributed by atoms with van der Waals surface area (Å²) in [4.78, 5) is 55.6. The van der Waals surface area contributed by atoms with E-state index >= 15 is 0 Å². The molecule has 26 heavy (non-hydrogen) atoms. The number of nitrogens with zero attached hydrogens (tertiary/aromatic N) is 1. The van der Waals surface area contributed by atoms with E-state index in [1.807, 2.05) is 0 Å². The minimum Gasteiger partial charge on any atom is -0.481 e. The Morgan fingerprint density at radius 1 is 1.27 bits per heavy atom. The Balaban J connectivity index is 0.000000359. The zero-order chi connectivity index (χ0) is 20.6. The Labute approximate surface area is 153 Å². The molecule has 0 aromatic carbocycles. The Morgan fingerprint density at radius 2 is 1.77 bits per heavy atom. The summed E-state index contributed by atoms with van der Waals surface area (Å²) < 4.78 is -0.585. The lowest BCUT2D eigenvalue weighted by atomic mass is 9.95. The van der Waals surface area contributed by atoms with E-state index in [0.717, 1.165) is 0 Å². The molecule has 144 valence electrons. The zero-order valence-corrected chi connectivity index (χ0v) is 16.1. The van der Waals surface area contributed by atoms with Gasteiger partial charge in [0.25, 0.3) is 5.91 Å². The highest BCUT2D eigenvalue weighted by Crippen LogP contribution is 2.56. The number of carboxylic acid groups (broad SMARTS) is 2. The summed E-state index contributed by atoms with van der Waals surface area (Å²) in [5.74, 6) is 1.36. The number of fused-ring (bicyclic) bond motifs is 1. The van der Waals surface area contributed by atoms with Crippen LogP contribution in [0.1, 0.15) is 34.6 Å². The molecule has 2 N–H and O–H groups in total. The van der Waals surface area contributed by atoms with Gasteiger partial charge in [0.2, 0.25) is 0 Å². The molecule has 2 rings (SSSR count). The first-order valence-electron chi connectivity index (χ1n) is 7.70. The van der Waals surface area contributed by atoms with Gasteiger partial charge >= 0.3 is 11.9 Å². The second kappa shape index (κ2) is 7.14. The van der Waals surface area contributed by atoms with Gasteiger partial charge in [-0.2, -0.15) is 10.5 Å². The Kier molecular flexibility index (Phi) is 5.98. The summed E-state index contributed by atoms with van der Waals surface area (Å²) in [5, 5.41) is 17.2. The van der Waals surface area contributed by atoms with Crippen LogP contribution in [0.2, 0.25) is 0 Å². The van der Waals surface area contributed by atoms with Crippen LogP contribution in [0, 0.1) is 5.41 Å². The van der Waals surface area contributed by atoms with Crippen molar-refractivity contribution in [3.63, 3.8) is 0 Å². The Hall–Kier alpha value is -2.29. The van der Waals surface area contributed by atoms with Crippen LogP contribution in [-0.2, 0) is 24.0 Å². The summed E-state index contributed by atoms with van der Waals surface area (Å²) in [6, 6.07) is -0.861. The van der Waals surface area contributed by atoms with E-state index in [0.29, 0.717) is 11.9 Å². The first-order valence-corrected chi connectivity index (χ1v) is 9.16. The lowest BCUT2D eigenvalue weighted by Gasteiger charge is -2.39. The van der Waals surface area contributed by atoms with Gasteiger partial charge in [0.05, 0.1) is 5.57 Å². The number of carbonyl (C=O) groups excluding carboxylic acids is 3. The number of amides is 1. The number of aliphatic carboxylic acids is 2. The molecule has 0 spiro atoms. The zero-order valence-electron chi connectivity index (χ0n) is 15.3. The number of carboxylic acids is 2. The average molecular weight is 385 g/mol. The van der Waals surface area contributed by atoms with Crippen molar-refractivity contribution < 1.29 is 34.2 Å². The van der Waals surface area contributed by atoms with Crippen LogP contribution in [0.3, 0.4) is 0 Å². The minimum absolute atomic E-state index is 0.202. The third kappa shape index (κ3) is 3.62. The molecule has 3 atom stereocenters. The topological polar surface area (TPSA) is 129 Å². The molecule has 2 fully saturated rings. The first-order chi connectivity index (χ1) is 11.7. The fraction of sp³-hybridized carbons (Fsp3) is 0.529. The summed E-state index contributed by atoms with van der Waals surface area (Å²) >= 11 is 0. The standard InChI is InChI=1S/C12H15NO4S.C5H8O3/c1-6(14)5-7-9(15)13-8(11(16)17)12(2,3)18(4)10(7)13;1-5(2,3-6)4(7)8/h5,8,10H,4H2,1-3H3,(H,16,17);3H,1-2H3,(H,7,8)/t8-,10+,18?;/m0./s1. The van der Waals surface area contributed by atoms with Crippen LogP contribution in [-0.4, -0.2) is 67.1 Å². The minimum atomic E-state index is -1.22. The van der Waals surface area contributed by atoms with Crippen LogP contribution in [0.5, 0.6) is 0 Å². The maximum Gasteiger partial charge on any atom is 0.327 e. The van der Waals surface area contributed by atoms with E-state index in [-0.39, 0.29) is 17.1 Å². The Bertz CT molecular complexity index is 735. The number of hydrogen-bond donors (Lipinski definition) is 2. The molecule has 0 radical (unpaired) electrons. The fourth-order valence-electron chi connectivity index (χ4n) is 2.57. The maximum absolute atomic E-state index is 11.9. The lowest BCUT2D eigenvalue weighted by Crippen LogP contribution is -2.58. The molecule has 0 aromatic rings. The maximum atomic E-state index is 11.9. The van der Waals surface area contributed by atoms with Gasteiger partial charge in [0.1, 0.15) is 23.1 Å². The van der Waals surface area contributed by atoms with Crippen molar-refractivity contribution in [2.24, 2.45) is 5.41 Å². The number of carbonyl (C=O) groups is 5.